The van der Waals surface area contributed by atoms with Crippen LogP contribution in [-0.2, 0) is 4.79 Å². The van der Waals surface area contributed by atoms with Gasteiger partial charge in [0.15, 0.2) is 0 Å². The molecule has 0 spiro atoms. The van der Waals surface area contributed by atoms with Crippen molar-refractivity contribution < 1.29 is 4.79 Å². The summed E-state index contributed by atoms with van der Waals surface area (Å²) in [5, 5.41) is 3.03. The Hall–Kier alpha value is 0.220. The minimum absolute atomic E-state index is 0. The molecular weight excluding hydrogens is 347 g/mol. The van der Waals surface area contributed by atoms with Gasteiger partial charge in [-0.15, -0.1) is 37.2 Å². The lowest BCUT2D eigenvalue weighted by molar-refractivity contribution is -0.127. The number of nitrogens with zero attached hydrogens (tertiary/aromatic N) is 2. The molecule has 1 amide bonds. The minimum atomic E-state index is -0.597. The van der Waals surface area contributed by atoms with Gasteiger partial charge >= 0.3 is 0 Å². The van der Waals surface area contributed by atoms with Crippen molar-refractivity contribution in [2.75, 3.05) is 46.3 Å². The number of carbonyl (C=O) groups is 1. The second-order valence-electron chi connectivity index (χ2n) is 6.12. The number of halogens is 3. The molecule has 0 aromatic rings. The molecule has 2 fully saturated rings. The largest absolute Gasteiger partial charge is 0.353 e. The summed E-state index contributed by atoms with van der Waals surface area (Å²) in [6, 6.07) is 0. The number of carbonyl (C=O) groups excluding carboxylic acids is 1. The van der Waals surface area contributed by atoms with Crippen molar-refractivity contribution in [2.45, 2.75) is 37.6 Å². The molecule has 0 aromatic carbocycles. The van der Waals surface area contributed by atoms with Gasteiger partial charge in [0.05, 0.1) is 5.54 Å². The molecule has 2 rings (SSSR count). The Labute approximate surface area is 153 Å². The predicted molar refractivity (Wildman–Crippen MR) is 98.7 cm³/mol. The normalized spacial score (nSPS) is 21.7. The number of amides is 1. The van der Waals surface area contributed by atoms with Crippen molar-refractivity contribution in [1.29, 1.82) is 0 Å². The molecule has 1 saturated carbocycles. The fourth-order valence-electron chi connectivity index (χ4n) is 2.98. The number of piperazine rings is 1. The Morgan fingerprint density at radius 2 is 1.59 bits per heavy atom. The van der Waals surface area contributed by atoms with Crippen LogP contribution >= 0.6 is 37.2 Å². The number of likely N-dealkylation sites (N-methyl/N-ethyl adjacent to an activating group) is 1. The number of rotatable bonds is 4. The van der Waals surface area contributed by atoms with E-state index in [0.29, 0.717) is 0 Å². The first-order valence-corrected chi connectivity index (χ1v) is 7.58. The average Bonchev–Trinajstić information content (AvgIpc) is 2.42. The van der Waals surface area contributed by atoms with E-state index in [2.05, 4.69) is 22.2 Å². The SMILES string of the molecule is CN1CCN(CCNC(=O)C2(N)CCCCC2)CC1.Cl.Cl.Cl. The van der Waals surface area contributed by atoms with Crippen molar-refractivity contribution in [3.63, 3.8) is 0 Å². The third-order valence-corrected chi connectivity index (χ3v) is 4.51. The first-order valence-electron chi connectivity index (χ1n) is 7.58. The quantitative estimate of drug-likeness (QED) is 0.775. The zero-order chi connectivity index (χ0) is 13.7. The van der Waals surface area contributed by atoms with Crippen LogP contribution in [0, 0.1) is 0 Å². The van der Waals surface area contributed by atoms with Gasteiger partial charge in [0.25, 0.3) is 0 Å². The molecule has 1 saturated heterocycles. The Morgan fingerprint density at radius 1 is 1.05 bits per heavy atom. The summed E-state index contributed by atoms with van der Waals surface area (Å²) in [7, 11) is 2.15. The Kier molecular flexibility index (Phi) is 13.0. The van der Waals surface area contributed by atoms with E-state index in [0.717, 1.165) is 65.0 Å². The van der Waals surface area contributed by atoms with Crippen LogP contribution in [0.2, 0.25) is 0 Å². The van der Waals surface area contributed by atoms with Crippen molar-refractivity contribution in [2.24, 2.45) is 5.73 Å². The summed E-state index contributed by atoms with van der Waals surface area (Å²) < 4.78 is 0. The van der Waals surface area contributed by atoms with Crippen molar-refractivity contribution >= 4 is 43.1 Å². The molecule has 134 valence electrons. The maximum atomic E-state index is 12.2. The van der Waals surface area contributed by atoms with Crippen LogP contribution < -0.4 is 11.1 Å². The van der Waals surface area contributed by atoms with E-state index in [1.54, 1.807) is 0 Å². The van der Waals surface area contributed by atoms with E-state index in [4.69, 9.17) is 5.73 Å². The molecule has 0 aromatic heterocycles. The van der Waals surface area contributed by atoms with E-state index in [1.165, 1.54) is 6.42 Å². The molecule has 3 N–H and O–H groups in total. The van der Waals surface area contributed by atoms with Crippen LogP contribution in [0.15, 0.2) is 0 Å². The second-order valence-corrected chi connectivity index (χ2v) is 6.12. The maximum absolute atomic E-state index is 12.2. The Morgan fingerprint density at radius 3 is 2.14 bits per heavy atom. The van der Waals surface area contributed by atoms with E-state index in [1.807, 2.05) is 0 Å². The summed E-state index contributed by atoms with van der Waals surface area (Å²) in [6.07, 6.45) is 5.07. The molecular formula is C14H31Cl3N4O. The van der Waals surface area contributed by atoms with Gasteiger partial charge in [0.2, 0.25) is 5.91 Å². The zero-order valence-corrected chi connectivity index (χ0v) is 15.8. The zero-order valence-electron chi connectivity index (χ0n) is 13.4. The molecule has 1 aliphatic carbocycles. The number of nitrogens with two attached hydrogens (primary N) is 1. The predicted octanol–water partition coefficient (Wildman–Crippen LogP) is 1.28. The topological polar surface area (TPSA) is 61.6 Å². The van der Waals surface area contributed by atoms with Crippen molar-refractivity contribution in [3.05, 3.63) is 0 Å². The number of hydrogen-bond acceptors (Lipinski definition) is 4. The number of hydrogen-bond donors (Lipinski definition) is 2. The fraction of sp³-hybridized carbons (Fsp3) is 0.929. The van der Waals surface area contributed by atoms with Gasteiger partial charge in [-0.3, -0.25) is 9.69 Å². The minimum Gasteiger partial charge on any atom is -0.353 e. The molecule has 0 bridgehead atoms. The maximum Gasteiger partial charge on any atom is 0.240 e. The first-order chi connectivity index (χ1) is 9.10. The molecule has 0 radical (unpaired) electrons. The van der Waals surface area contributed by atoms with Crippen LogP contribution in [0.1, 0.15) is 32.1 Å². The molecule has 8 heteroatoms. The third kappa shape index (κ3) is 7.20. The van der Waals surface area contributed by atoms with Gasteiger partial charge in [0.1, 0.15) is 0 Å². The van der Waals surface area contributed by atoms with Crippen molar-refractivity contribution in [3.8, 4) is 0 Å². The summed E-state index contributed by atoms with van der Waals surface area (Å²) in [6.45, 7) is 6.10. The molecule has 0 unspecified atom stereocenters. The summed E-state index contributed by atoms with van der Waals surface area (Å²) in [4.78, 5) is 16.9. The molecule has 2 aliphatic rings. The highest BCUT2D eigenvalue weighted by atomic mass is 35.5. The number of nitrogens with one attached hydrogen (secondary N) is 1. The van der Waals surface area contributed by atoms with Gasteiger partial charge in [0, 0.05) is 39.3 Å². The third-order valence-electron chi connectivity index (χ3n) is 4.51. The lowest BCUT2D eigenvalue weighted by Crippen LogP contribution is -2.56. The van der Waals surface area contributed by atoms with Crippen LogP contribution in [-0.4, -0.2) is 67.6 Å². The lowest BCUT2D eigenvalue weighted by Gasteiger charge is -2.34. The smallest absolute Gasteiger partial charge is 0.240 e. The standard InChI is InChI=1S/C14H28N4O.3ClH/c1-17-9-11-18(12-10-17)8-7-16-13(19)14(15)5-3-2-4-6-14;;;/h2-12,15H2,1H3,(H,16,19);3*1H. The molecule has 1 heterocycles. The van der Waals surface area contributed by atoms with Crippen LogP contribution in [0.25, 0.3) is 0 Å². The van der Waals surface area contributed by atoms with Crippen LogP contribution in [0.4, 0.5) is 0 Å². The monoisotopic (exact) mass is 376 g/mol. The second kappa shape index (κ2) is 11.7. The molecule has 1 aliphatic heterocycles. The van der Waals surface area contributed by atoms with E-state index < -0.39 is 5.54 Å². The van der Waals surface area contributed by atoms with Gasteiger partial charge in [-0.1, -0.05) is 19.3 Å². The summed E-state index contributed by atoms with van der Waals surface area (Å²) in [5.74, 6) is 0.0568. The highest BCUT2D eigenvalue weighted by Crippen LogP contribution is 2.25. The summed E-state index contributed by atoms with van der Waals surface area (Å²) in [5.41, 5.74) is 5.61. The van der Waals surface area contributed by atoms with Gasteiger partial charge < -0.3 is 16.0 Å². The van der Waals surface area contributed by atoms with E-state index >= 15 is 0 Å². The molecule has 0 atom stereocenters. The molecule has 22 heavy (non-hydrogen) atoms. The lowest BCUT2D eigenvalue weighted by atomic mass is 9.82. The molecule has 5 nitrogen and oxygen atoms in total. The van der Waals surface area contributed by atoms with Crippen LogP contribution in [0.5, 0.6) is 0 Å². The summed E-state index contributed by atoms with van der Waals surface area (Å²) >= 11 is 0. The first kappa shape index (κ1) is 24.5. The van der Waals surface area contributed by atoms with Gasteiger partial charge in [-0.25, -0.2) is 0 Å². The van der Waals surface area contributed by atoms with Crippen LogP contribution in [0.3, 0.4) is 0 Å². The van der Waals surface area contributed by atoms with Gasteiger partial charge in [-0.2, -0.15) is 0 Å². The average molecular weight is 378 g/mol. The fourth-order valence-corrected chi connectivity index (χ4v) is 2.98. The van der Waals surface area contributed by atoms with E-state index in [9.17, 15) is 4.79 Å². The highest BCUT2D eigenvalue weighted by Gasteiger charge is 2.34. The van der Waals surface area contributed by atoms with Crippen molar-refractivity contribution in [1.82, 2.24) is 15.1 Å². The Bertz CT molecular complexity index is 306. The Balaban J connectivity index is 0. The van der Waals surface area contributed by atoms with E-state index in [-0.39, 0.29) is 43.1 Å². The highest BCUT2D eigenvalue weighted by molar-refractivity contribution is 5.86. The van der Waals surface area contributed by atoms with Gasteiger partial charge in [-0.05, 0) is 19.9 Å².